The van der Waals surface area contributed by atoms with Crippen LogP contribution in [0.5, 0.6) is 0 Å². The van der Waals surface area contributed by atoms with Crippen LogP contribution in [0.3, 0.4) is 0 Å². The fraction of sp³-hybridized carbons (Fsp3) is 0. The van der Waals surface area contributed by atoms with Gasteiger partial charge in [0.25, 0.3) is 0 Å². The first-order chi connectivity index (χ1) is 3.00. The second kappa shape index (κ2) is 1.89. The lowest BCUT2D eigenvalue weighted by molar-refractivity contribution is -0.373. The van der Waals surface area contributed by atoms with Gasteiger partial charge in [-0.05, 0) is 14.0 Å². The van der Waals surface area contributed by atoms with Gasteiger partial charge in [-0.2, -0.15) is 0 Å². The molecule has 0 aliphatic rings. The number of H-pyrrole nitrogens is 1. The van der Waals surface area contributed by atoms with Crippen LogP contribution < -0.4 is 4.98 Å². The number of hydrogen-bond donors (Lipinski definition) is 0. The zero-order chi connectivity index (χ0) is 4.24. The molecule has 2 heteroatoms. The maximum absolute atomic E-state index is 2.94. The van der Waals surface area contributed by atoms with Crippen molar-refractivity contribution < 1.29 is 4.98 Å². The third kappa shape index (κ3) is 0.765. The van der Waals surface area contributed by atoms with E-state index in [0.717, 1.165) is 0 Å². The lowest BCUT2D eigenvalue weighted by atomic mass is 10.8. The van der Waals surface area contributed by atoms with Crippen LogP contribution in [0.2, 0.25) is 0 Å². The second-order valence-corrected chi connectivity index (χ2v) is 1.81. The number of hydrogen-bond acceptors (Lipinski definition) is 0. The fourth-order valence-corrected chi connectivity index (χ4v) is 0.721. The van der Waals surface area contributed by atoms with Crippen molar-refractivity contribution >= 4 is 8.19 Å². The summed E-state index contributed by atoms with van der Waals surface area (Å²) in [6.45, 7) is 0. The Bertz CT molecular complexity index is 79.5. The van der Waals surface area contributed by atoms with Crippen molar-refractivity contribution in [1.29, 1.82) is 0 Å². The molecule has 1 rings (SSSR count). The molecule has 0 radical (unpaired) electrons. The Morgan fingerprint density at radius 3 is 2.67 bits per heavy atom. The minimum Gasteiger partial charge on any atom is -0.214 e. The second-order valence-electron chi connectivity index (χ2n) is 0.953. The molecule has 6 heavy (non-hydrogen) atoms. The Balaban J connectivity index is 3.00. The van der Waals surface area contributed by atoms with Crippen LogP contribution in [0.15, 0.2) is 24.0 Å². The van der Waals surface area contributed by atoms with Crippen molar-refractivity contribution in [1.82, 2.24) is 0 Å². The molecular formula is C4H5NP+. The van der Waals surface area contributed by atoms with Gasteiger partial charge < -0.3 is 0 Å². The molecule has 0 saturated carbocycles. The van der Waals surface area contributed by atoms with Crippen LogP contribution in [-0.4, -0.2) is 0 Å². The van der Waals surface area contributed by atoms with Crippen LogP contribution in [0.4, 0.5) is 0 Å². The Labute approximate surface area is 38.1 Å². The molecular weight excluding hydrogens is 93.0 g/mol. The monoisotopic (exact) mass is 98.0 g/mol. The van der Waals surface area contributed by atoms with Crippen molar-refractivity contribution in [2.45, 2.75) is 0 Å². The average molecular weight is 98.1 g/mol. The molecule has 1 heterocycles. The smallest absolute Gasteiger partial charge is 0.192 e. The molecule has 0 atom stereocenters. The largest absolute Gasteiger partial charge is 0.214 e. The van der Waals surface area contributed by atoms with E-state index in [1.807, 2.05) is 18.2 Å². The predicted molar refractivity (Wildman–Crippen MR) is 25.5 cm³/mol. The molecule has 0 fully saturated rings. The van der Waals surface area contributed by atoms with Gasteiger partial charge in [-0.25, -0.2) is 4.98 Å². The number of rotatable bonds is 0. The minimum atomic E-state index is 1.25. The molecule has 0 amide bonds. The molecule has 0 spiro atoms. The van der Waals surface area contributed by atoms with E-state index in [2.05, 4.69) is 10.8 Å². The topological polar surface area (TPSA) is 14.1 Å². The summed E-state index contributed by atoms with van der Waals surface area (Å²) in [6.07, 6.45) is 1.90. The normalized spacial score (nSPS) is 9.33. The fourth-order valence-electron chi connectivity index (χ4n) is 0.277. The Hall–Kier alpha value is -0.420. The van der Waals surface area contributed by atoms with Crippen molar-refractivity contribution in [3.8, 4) is 0 Å². The highest BCUT2D eigenvalue weighted by Gasteiger charge is 1.66. The van der Waals surface area contributed by atoms with E-state index in [1.54, 1.807) is 0 Å². The highest BCUT2D eigenvalue weighted by atomic mass is 31.0. The average Bonchev–Trinajstić information content (AvgIpc) is 1.72. The van der Waals surface area contributed by atoms with E-state index in [1.165, 1.54) is 8.19 Å². The van der Waals surface area contributed by atoms with Gasteiger partial charge in [0.1, 0.15) is 0 Å². The summed E-state index contributed by atoms with van der Waals surface area (Å²) in [6, 6.07) is 1.99. The lowest BCUT2D eigenvalue weighted by Gasteiger charge is -1.62. The van der Waals surface area contributed by atoms with Gasteiger partial charge in [-0.15, -0.1) is 0 Å². The molecule has 0 bridgehead atoms. The molecule has 0 unspecified atom stereocenters. The van der Waals surface area contributed by atoms with Gasteiger partial charge in [0.15, 0.2) is 12.1 Å². The number of aromatic nitrogens is 1. The summed E-state index contributed by atoms with van der Waals surface area (Å²) in [4.78, 5) is 2.94. The first kappa shape index (κ1) is 3.76. The van der Waals surface area contributed by atoms with E-state index < -0.39 is 0 Å². The minimum absolute atomic E-state index is 1.25. The quantitative estimate of drug-likeness (QED) is 0.461. The first-order valence-corrected chi connectivity index (χ1v) is 2.79. The molecule has 1 aromatic rings. The number of nitrogens with one attached hydrogen (secondary N) is 1. The summed E-state index contributed by atoms with van der Waals surface area (Å²) < 4.78 is 0. The lowest BCUT2D eigenvalue weighted by Crippen LogP contribution is -1.91. The molecule has 0 aliphatic carbocycles. The maximum Gasteiger partial charge on any atom is 0.192 e. The summed E-state index contributed by atoms with van der Waals surface area (Å²) in [5.41, 5.74) is 0. The highest BCUT2D eigenvalue weighted by Crippen LogP contribution is 1.91. The van der Waals surface area contributed by atoms with Gasteiger partial charge in [-0.3, -0.25) is 0 Å². The molecule has 0 aromatic carbocycles. The Morgan fingerprint density at radius 1 is 1.50 bits per heavy atom. The van der Waals surface area contributed by atoms with Crippen LogP contribution in [-0.2, 0) is 0 Å². The van der Waals surface area contributed by atoms with E-state index in [0.29, 0.717) is 0 Å². The third-order valence-corrected chi connectivity index (χ3v) is 1.16. The van der Waals surface area contributed by atoms with Gasteiger partial charge in [0.2, 0.25) is 0 Å². The van der Waals surface area contributed by atoms with Crippen LogP contribution >= 0.6 is 8.19 Å². The van der Waals surface area contributed by atoms with Crippen LogP contribution in [0.25, 0.3) is 0 Å². The van der Waals surface area contributed by atoms with E-state index in [9.17, 15) is 0 Å². The molecule has 1 N–H and O–H groups in total. The third-order valence-electron chi connectivity index (χ3n) is 0.514. The van der Waals surface area contributed by atoms with Crippen molar-refractivity contribution in [3.63, 3.8) is 0 Å². The Morgan fingerprint density at radius 2 is 2.50 bits per heavy atom. The summed E-state index contributed by atoms with van der Waals surface area (Å²) in [5.74, 6) is 4.04. The van der Waals surface area contributed by atoms with Crippen LogP contribution in [0.1, 0.15) is 0 Å². The van der Waals surface area contributed by atoms with Crippen molar-refractivity contribution in [2.24, 2.45) is 0 Å². The summed E-state index contributed by atoms with van der Waals surface area (Å²) in [7, 11) is 1.25. The molecule has 30 valence electrons. The predicted octanol–water partition coefficient (Wildman–Crippen LogP) is 1.08. The Kier molecular flexibility index (Phi) is 1.18. The molecule has 1 aromatic heterocycles. The highest BCUT2D eigenvalue weighted by molar-refractivity contribution is 7.27. The van der Waals surface area contributed by atoms with Crippen molar-refractivity contribution in [2.75, 3.05) is 0 Å². The van der Waals surface area contributed by atoms with E-state index >= 15 is 0 Å². The van der Waals surface area contributed by atoms with Gasteiger partial charge >= 0.3 is 0 Å². The van der Waals surface area contributed by atoms with Crippen LogP contribution in [0, 0.1) is 0 Å². The van der Waals surface area contributed by atoms with Crippen molar-refractivity contribution in [3.05, 3.63) is 24.0 Å². The zero-order valence-electron chi connectivity index (χ0n) is 3.26. The summed E-state index contributed by atoms with van der Waals surface area (Å²) >= 11 is 0. The molecule has 1 nitrogen and oxygen atoms in total. The molecule has 0 aliphatic heterocycles. The standard InChI is InChI=1S/C4H4NP/c1-2-5-4-6-3-1/h1-4H/p+1. The molecule has 0 saturated heterocycles. The van der Waals surface area contributed by atoms with Gasteiger partial charge in [-0.1, -0.05) is 0 Å². The maximum atomic E-state index is 2.94. The zero-order valence-corrected chi connectivity index (χ0v) is 4.15. The summed E-state index contributed by atoms with van der Waals surface area (Å²) in [5, 5.41) is 0. The number of aromatic amines is 1. The van der Waals surface area contributed by atoms with Gasteiger partial charge in [0, 0.05) is 6.07 Å². The SMILES string of the molecule is c1c[nH+]cpc1. The first-order valence-electron chi connectivity index (χ1n) is 1.76. The van der Waals surface area contributed by atoms with E-state index in [4.69, 9.17) is 0 Å². The van der Waals surface area contributed by atoms with E-state index in [-0.39, 0.29) is 0 Å². The van der Waals surface area contributed by atoms with Gasteiger partial charge in [0.05, 0.1) is 0 Å².